The lowest BCUT2D eigenvalue weighted by molar-refractivity contribution is 0.0984. The van der Waals surface area contributed by atoms with E-state index >= 15 is 0 Å². The Kier molecular flexibility index (Phi) is 6.83. The quantitative estimate of drug-likeness (QED) is 0.812. The average molecular weight is 280 g/mol. The lowest BCUT2D eigenvalue weighted by atomic mass is 9.89. The van der Waals surface area contributed by atoms with Crippen LogP contribution in [0, 0.1) is 5.92 Å². The summed E-state index contributed by atoms with van der Waals surface area (Å²) in [4.78, 5) is 2.89. The highest BCUT2D eigenvalue weighted by Crippen LogP contribution is 2.31. The first-order valence-corrected chi connectivity index (χ1v) is 9.23. The van der Waals surface area contributed by atoms with Gasteiger partial charge in [0.25, 0.3) is 0 Å². The Balaban J connectivity index is 2.04. The normalized spacial score (nSPS) is 33.3. The van der Waals surface area contributed by atoms with E-state index in [0.717, 1.165) is 24.0 Å². The molecule has 20 heavy (non-hydrogen) atoms. The Bertz CT molecular complexity index is 262. The summed E-state index contributed by atoms with van der Waals surface area (Å²) in [7, 11) is 0. The van der Waals surface area contributed by atoms with E-state index in [-0.39, 0.29) is 0 Å². The first-order chi connectivity index (χ1) is 9.74. The fourth-order valence-corrected chi connectivity index (χ4v) is 4.37. The van der Waals surface area contributed by atoms with Crippen molar-refractivity contribution >= 4 is 0 Å². The number of hydrogen-bond acceptors (Lipinski definition) is 2. The van der Waals surface area contributed by atoms with Crippen LogP contribution in [0.2, 0.25) is 0 Å². The van der Waals surface area contributed by atoms with Crippen molar-refractivity contribution in [2.45, 2.75) is 96.7 Å². The molecule has 0 bridgehead atoms. The van der Waals surface area contributed by atoms with Crippen molar-refractivity contribution in [3.8, 4) is 0 Å². The smallest absolute Gasteiger partial charge is 0.0252 e. The molecule has 2 rings (SSSR count). The van der Waals surface area contributed by atoms with Crippen LogP contribution in [0.15, 0.2) is 0 Å². The Morgan fingerprint density at radius 3 is 2.45 bits per heavy atom. The van der Waals surface area contributed by atoms with Crippen LogP contribution in [0.4, 0.5) is 0 Å². The van der Waals surface area contributed by atoms with Crippen LogP contribution in [-0.2, 0) is 0 Å². The fraction of sp³-hybridized carbons (Fsp3) is 1.00. The SMILES string of the molecule is CCCNC1CCCCCCC1N1CCCC1C(C)C. The molecular weight excluding hydrogens is 244 g/mol. The Labute approximate surface area is 126 Å². The second-order valence-corrected chi connectivity index (χ2v) is 7.31. The van der Waals surface area contributed by atoms with E-state index in [9.17, 15) is 0 Å². The van der Waals surface area contributed by atoms with E-state index in [2.05, 4.69) is 31.0 Å². The van der Waals surface area contributed by atoms with Gasteiger partial charge in [0.15, 0.2) is 0 Å². The predicted octanol–water partition coefficient (Wildman–Crippen LogP) is 4.20. The molecule has 1 N–H and O–H groups in total. The van der Waals surface area contributed by atoms with Crippen molar-refractivity contribution in [1.82, 2.24) is 10.2 Å². The molecule has 0 aromatic rings. The molecule has 2 aliphatic rings. The minimum atomic E-state index is 0.745. The van der Waals surface area contributed by atoms with Gasteiger partial charge < -0.3 is 5.32 Å². The van der Waals surface area contributed by atoms with Gasteiger partial charge in [0, 0.05) is 18.1 Å². The van der Waals surface area contributed by atoms with Gasteiger partial charge in [-0.3, -0.25) is 4.90 Å². The summed E-state index contributed by atoms with van der Waals surface area (Å²) in [5.74, 6) is 0.815. The lowest BCUT2D eigenvalue weighted by Gasteiger charge is -2.41. The molecule has 0 radical (unpaired) electrons. The summed E-state index contributed by atoms with van der Waals surface area (Å²) >= 11 is 0. The maximum atomic E-state index is 3.88. The highest BCUT2D eigenvalue weighted by atomic mass is 15.2. The molecule has 2 fully saturated rings. The third-order valence-corrected chi connectivity index (χ3v) is 5.42. The molecule has 1 aliphatic carbocycles. The monoisotopic (exact) mass is 280 g/mol. The first kappa shape index (κ1) is 16.3. The predicted molar refractivity (Wildman–Crippen MR) is 88.1 cm³/mol. The third-order valence-electron chi connectivity index (χ3n) is 5.42. The van der Waals surface area contributed by atoms with Crippen molar-refractivity contribution in [3.63, 3.8) is 0 Å². The maximum absolute atomic E-state index is 3.88. The van der Waals surface area contributed by atoms with E-state index in [1.165, 1.54) is 70.9 Å². The molecule has 0 amide bonds. The summed E-state index contributed by atoms with van der Waals surface area (Å²) in [5.41, 5.74) is 0. The molecule has 0 spiro atoms. The van der Waals surface area contributed by atoms with E-state index in [0.29, 0.717) is 0 Å². The number of nitrogens with one attached hydrogen (secondary N) is 1. The third kappa shape index (κ3) is 4.21. The van der Waals surface area contributed by atoms with Crippen LogP contribution in [0.25, 0.3) is 0 Å². The fourth-order valence-electron chi connectivity index (χ4n) is 4.37. The number of hydrogen-bond donors (Lipinski definition) is 1. The Morgan fingerprint density at radius 2 is 1.75 bits per heavy atom. The summed E-state index contributed by atoms with van der Waals surface area (Å²) in [6.07, 6.45) is 12.7. The van der Waals surface area contributed by atoms with Gasteiger partial charge in [0.1, 0.15) is 0 Å². The van der Waals surface area contributed by atoms with E-state index in [1.54, 1.807) is 0 Å². The molecular formula is C18H36N2. The minimum absolute atomic E-state index is 0.745. The molecule has 1 aliphatic heterocycles. The lowest BCUT2D eigenvalue weighted by Crippen LogP contribution is -2.53. The molecule has 2 heteroatoms. The van der Waals surface area contributed by atoms with Gasteiger partial charge in [-0.15, -0.1) is 0 Å². The van der Waals surface area contributed by atoms with Crippen molar-refractivity contribution in [3.05, 3.63) is 0 Å². The van der Waals surface area contributed by atoms with Crippen LogP contribution in [0.1, 0.15) is 78.6 Å². The second-order valence-electron chi connectivity index (χ2n) is 7.31. The molecule has 3 unspecified atom stereocenters. The summed E-state index contributed by atoms with van der Waals surface area (Å²) < 4.78 is 0. The summed E-state index contributed by atoms with van der Waals surface area (Å²) in [6, 6.07) is 2.39. The largest absolute Gasteiger partial charge is 0.312 e. The van der Waals surface area contributed by atoms with Crippen molar-refractivity contribution in [2.75, 3.05) is 13.1 Å². The topological polar surface area (TPSA) is 15.3 Å². The van der Waals surface area contributed by atoms with Gasteiger partial charge in [-0.25, -0.2) is 0 Å². The standard InChI is InChI=1S/C18H36N2/c1-4-13-19-16-10-7-5-6-8-11-18(16)20-14-9-12-17(20)15(2)3/h15-19H,4-14H2,1-3H3. The molecule has 1 saturated carbocycles. The van der Waals surface area contributed by atoms with Crippen LogP contribution < -0.4 is 5.32 Å². The van der Waals surface area contributed by atoms with Crippen molar-refractivity contribution in [1.29, 1.82) is 0 Å². The number of nitrogens with zero attached hydrogens (tertiary/aromatic N) is 1. The van der Waals surface area contributed by atoms with E-state index in [4.69, 9.17) is 0 Å². The van der Waals surface area contributed by atoms with Gasteiger partial charge in [0.05, 0.1) is 0 Å². The van der Waals surface area contributed by atoms with Gasteiger partial charge >= 0.3 is 0 Å². The average Bonchev–Trinajstić information content (AvgIpc) is 2.87. The summed E-state index contributed by atoms with van der Waals surface area (Å²) in [6.45, 7) is 9.66. The zero-order chi connectivity index (χ0) is 14.4. The van der Waals surface area contributed by atoms with E-state index in [1.807, 2.05) is 0 Å². The molecule has 3 atom stereocenters. The molecule has 1 heterocycles. The second kappa shape index (κ2) is 8.38. The van der Waals surface area contributed by atoms with Gasteiger partial charge in [-0.2, -0.15) is 0 Å². The molecule has 0 aromatic heterocycles. The van der Waals surface area contributed by atoms with Crippen molar-refractivity contribution in [2.24, 2.45) is 5.92 Å². The van der Waals surface area contributed by atoms with Crippen LogP contribution in [0.3, 0.4) is 0 Å². The summed E-state index contributed by atoms with van der Waals surface area (Å²) in [5, 5.41) is 3.88. The first-order valence-electron chi connectivity index (χ1n) is 9.23. The minimum Gasteiger partial charge on any atom is -0.312 e. The Morgan fingerprint density at radius 1 is 1.00 bits per heavy atom. The Hall–Kier alpha value is -0.0800. The highest BCUT2D eigenvalue weighted by molar-refractivity contribution is 4.93. The van der Waals surface area contributed by atoms with Gasteiger partial charge in [-0.1, -0.05) is 46.5 Å². The molecule has 2 nitrogen and oxygen atoms in total. The van der Waals surface area contributed by atoms with Gasteiger partial charge in [-0.05, 0) is 51.1 Å². The maximum Gasteiger partial charge on any atom is 0.0252 e. The molecule has 118 valence electrons. The van der Waals surface area contributed by atoms with E-state index < -0.39 is 0 Å². The number of likely N-dealkylation sites (tertiary alicyclic amines) is 1. The van der Waals surface area contributed by atoms with Crippen LogP contribution >= 0.6 is 0 Å². The zero-order valence-electron chi connectivity index (χ0n) is 14.0. The molecule has 0 aromatic carbocycles. The zero-order valence-corrected chi connectivity index (χ0v) is 14.0. The highest BCUT2D eigenvalue weighted by Gasteiger charge is 2.36. The van der Waals surface area contributed by atoms with Crippen LogP contribution in [0.5, 0.6) is 0 Å². The van der Waals surface area contributed by atoms with Crippen LogP contribution in [-0.4, -0.2) is 36.1 Å². The van der Waals surface area contributed by atoms with Gasteiger partial charge in [0.2, 0.25) is 0 Å². The number of rotatable bonds is 5. The molecule has 1 saturated heterocycles. The van der Waals surface area contributed by atoms with Crippen molar-refractivity contribution < 1.29 is 0 Å².